The Morgan fingerprint density at radius 2 is 2.05 bits per heavy atom. The first kappa shape index (κ1) is 12.6. The van der Waals surface area contributed by atoms with Crippen molar-refractivity contribution in [1.29, 1.82) is 0 Å². The van der Waals surface area contributed by atoms with Gasteiger partial charge in [-0.2, -0.15) is 4.98 Å². The smallest absolute Gasteiger partial charge is 0.243 e. The first-order chi connectivity index (χ1) is 9.72. The molecule has 0 unspecified atom stereocenters. The Morgan fingerprint density at radius 3 is 2.85 bits per heavy atom. The van der Waals surface area contributed by atoms with E-state index >= 15 is 0 Å². The number of aromatic nitrogens is 3. The lowest BCUT2D eigenvalue weighted by Gasteiger charge is -2.02. The predicted molar refractivity (Wildman–Crippen MR) is 76.3 cm³/mol. The van der Waals surface area contributed by atoms with Crippen LogP contribution >= 0.6 is 0 Å². The maximum Gasteiger partial charge on any atom is 0.243 e. The Kier molecular flexibility index (Phi) is 3.33. The highest BCUT2D eigenvalue weighted by atomic mass is 19.1. The van der Waals surface area contributed by atoms with Gasteiger partial charge in [-0.1, -0.05) is 18.2 Å². The minimum Gasteiger partial charge on any atom is -0.353 e. The number of benzene rings is 1. The van der Waals surface area contributed by atoms with Crippen molar-refractivity contribution in [3.8, 4) is 0 Å². The molecule has 1 N–H and O–H groups in total. The number of hydrogen-bond donors (Lipinski definition) is 1. The van der Waals surface area contributed by atoms with Crippen molar-refractivity contribution < 1.29 is 4.39 Å². The summed E-state index contributed by atoms with van der Waals surface area (Å²) in [6.45, 7) is 2.65. The van der Waals surface area contributed by atoms with E-state index < -0.39 is 0 Å². The number of rotatable bonds is 4. The lowest BCUT2D eigenvalue weighted by atomic mass is 10.1. The zero-order valence-electron chi connectivity index (χ0n) is 11.2. The van der Waals surface area contributed by atoms with Crippen LogP contribution in [-0.2, 0) is 6.42 Å². The van der Waals surface area contributed by atoms with Gasteiger partial charge in [-0.05, 0) is 43.2 Å². The first-order valence-corrected chi connectivity index (χ1v) is 6.53. The van der Waals surface area contributed by atoms with E-state index in [0.717, 1.165) is 23.3 Å². The summed E-state index contributed by atoms with van der Waals surface area (Å²) in [6, 6.07) is 12.5. The summed E-state index contributed by atoms with van der Waals surface area (Å²) in [7, 11) is 0. The molecule has 3 aromatic rings. The molecular formula is C15H15FN4. The molecule has 0 radical (unpaired) electrons. The number of nitrogens with one attached hydrogen (secondary N) is 1. The average Bonchev–Trinajstić information content (AvgIpc) is 2.83. The summed E-state index contributed by atoms with van der Waals surface area (Å²) in [6.07, 6.45) is 0.728. The summed E-state index contributed by atoms with van der Waals surface area (Å²) >= 11 is 0. The number of halogens is 1. The minimum atomic E-state index is -0.205. The van der Waals surface area contributed by atoms with Gasteiger partial charge in [0.1, 0.15) is 5.82 Å². The summed E-state index contributed by atoms with van der Waals surface area (Å²) in [5.74, 6) is 0.389. The molecule has 0 atom stereocenters. The molecule has 0 spiro atoms. The van der Waals surface area contributed by atoms with E-state index in [1.807, 2.05) is 31.2 Å². The van der Waals surface area contributed by atoms with Crippen LogP contribution in [0.15, 0.2) is 42.5 Å². The van der Waals surface area contributed by atoms with Crippen LogP contribution in [0.4, 0.5) is 10.3 Å². The Bertz CT molecular complexity index is 736. The summed E-state index contributed by atoms with van der Waals surface area (Å²) in [5, 5.41) is 7.55. The maximum absolute atomic E-state index is 13.1. The van der Waals surface area contributed by atoms with E-state index in [0.29, 0.717) is 12.5 Å². The van der Waals surface area contributed by atoms with Crippen LogP contribution in [0.2, 0.25) is 0 Å². The SMILES string of the molecule is Cc1cccc2nc(NCCc3cccc(F)c3)nn12. The summed E-state index contributed by atoms with van der Waals surface area (Å²) in [5.41, 5.74) is 2.81. The third-order valence-corrected chi connectivity index (χ3v) is 3.13. The third kappa shape index (κ3) is 2.61. The number of pyridine rings is 1. The highest BCUT2D eigenvalue weighted by Crippen LogP contribution is 2.09. The van der Waals surface area contributed by atoms with Gasteiger partial charge >= 0.3 is 0 Å². The Hall–Kier alpha value is -2.43. The number of fused-ring (bicyclic) bond motifs is 1. The second-order valence-electron chi connectivity index (χ2n) is 4.68. The van der Waals surface area contributed by atoms with Crippen molar-refractivity contribution in [2.45, 2.75) is 13.3 Å². The quantitative estimate of drug-likeness (QED) is 0.792. The van der Waals surface area contributed by atoms with Gasteiger partial charge in [-0.15, -0.1) is 5.10 Å². The number of nitrogens with zero attached hydrogens (tertiary/aromatic N) is 3. The fourth-order valence-electron chi connectivity index (χ4n) is 2.12. The fraction of sp³-hybridized carbons (Fsp3) is 0.200. The number of aryl methyl sites for hydroxylation is 1. The van der Waals surface area contributed by atoms with Gasteiger partial charge in [0.2, 0.25) is 5.95 Å². The van der Waals surface area contributed by atoms with Crippen molar-refractivity contribution in [2.75, 3.05) is 11.9 Å². The fourth-order valence-corrected chi connectivity index (χ4v) is 2.12. The summed E-state index contributed by atoms with van der Waals surface area (Å²) < 4.78 is 14.8. The molecule has 2 heterocycles. The third-order valence-electron chi connectivity index (χ3n) is 3.13. The standard InChI is InChI=1S/C15H15FN4/c1-11-4-2-7-14-18-15(19-20(11)14)17-9-8-12-5-3-6-13(16)10-12/h2-7,10H,8-9H2,1H3,(H,17,19). The topological polar surface area (TPSA) is 42.2 Å². The van der Waals surface area contributed by atoms with E-state index in [4.69, 9.17) is 0 Å². The van der Waals surface area contributed by atoms with Crippen LogP contribution in [0.3, 0.4) is 0 Å². The Balaban J connectivity index is 1.67. The van der Waals surface area contributed by atoms with Gasteiger partial charge in [-0.3, -0.25) is 0 Å². The molecule has 0 saturated heterocycles. The molecule has 102 valence electrons. The van der Waals surface area contributed by atoms with Crippen LogP contribution in [0.1, 0.15) is 11.3 Å². The molecule has 20 heavy (non-hydrogen) atoms. The van der Waals surface area contributed by atoms with Gasteiger partial charge in [-0.25, -0.2) is 8.91 Å². The highest BCUT2D eigenvalue weighted by molar-refractivity contribution is 5.44. The minimum absolute atomic E-state index is 0.205. The van der Waals surface area contributed by atoms with Gasteiger partial charge in [0.05, 0.1) is 0 Å². The lowest BCUT2D eigenvalue weighted by molar-refractivity contribution is 0.625. The largest absolute Gasteiger partial charge is 0.353 e. The maximum atomic E-state index is 13.1. The van der Waals surface area contributed by atoms with E-state index in [2.05, 4.69) is 15.4 Å². The molecule has 0 aliphatic carbocycles. The van der Waals surface area contributed by atoms with E-state index in [1.54, 1.807) is 16.6 Å². The van der Waals surface area contributed by atoms with Crippen LogP contribution in [0.5, 0.6) is 0 Å². The van der Waals surface area contributed by atoms with Crippen molar-refractivity contribution in [3.05, 3.63) is 59.5 Å². The molecule has 4 nitrogen and oxygen atoms in total. The second kappa shape index (κ2) is 5.28. The van der Waals surface area contributed by atoms with Crippen molar-refractivity contribution in [3.63, 3.8) is 0 Å². The van der Waals surface area contributed by atoms with E-state index in [1.165, 1.54) is 6.07 Å². The monoisotopic (exact) mass is 270 g/mol. The molecule has 0 bridgehead atoms. The van der Waals surface area contributed by atoms with Gasteiger partial charge in [0.15, 0.2) is 5.65 Å². The van der Waals surface area contributed by atoms with Crippen LogP contribution in [0, 0.1) is 12.7 Å². The van der Waals surface area contributed by atoms with E-state index in [-0.39, 0.29) is 5.82 Å². The normalized spacial score (nSPS) is 10.9. The Morgan fingerprint density at radius 1 is 1.20 bits per heavy atom. The van der Waals surface area contributed by atoms with Crippen molar-refractivity contribution >= 4 is 11.6 Å². The molecule has 0 amide bonds. The van der Waals surface area contributed by atoms with Crippen LogP contribution in [-0.4, -0.2) is 21.1 Å². The van der Waals surface area contributed by atoms with Crippen LogP contribution < -0.4 is 5.32 Å². The number of anilines is 1. The molecule has 5 heteroatoms. The van der Waals surface area contributed by atoms with Gasteiger partial charge in [0, 0.05) is 12.2 Å². The van der Waals surface area contributed by atoms with Crippen LogP contribution in [0.25, 0.3) is 5.65 Å². The van der Waals surface area contributed by atoms with Gasteiger partial charge < -0.3 is 5.32 Å². The van der Waals surface area contributed by atoms with E-state index in [9.17, 15) is 4.39 Å². The highest BCUT2D eigenvalue weighted by Gasteiger charge is 2.04. The molecule has 2 aromatic heterocycles. The zero-order chi connectivity index (χ0) is 13.9. The molecule has 0 aliphatic rings. The van der Waals surface area contributed by atoms with Crippen molar-refractivity contribution in [1.82, 2.24) is 14.6 Å². The predicted octanol–water partition coefficient (Wildman–Crippen LogP) is 2.83. The molecular weight excluding hydrogens is 255 g/mol. The summed E-state index contributed by atoms with van der Waals surface area (Å²) in [4.78, 5) is 4.39. The lowest BCUT2D eigenvalue weighted by Crippen LogP contribution is -2.06. The molecule has 1 aromatic carbocycles. The Labute approximate surface area is 116 Å². The second-order valence-corrected chi connectivity index (χ2v) is 4.68. The molecule has 3 rings (SSSR count). The van der Waals surface area contributed by atoms with Gasteiger partial charge in [0.25, 0.3) is 0 Å². The molecule has 0 aliphatic heterocycles. The molecule has 0 saturated carbocycles. The average molecular weight is 270 g/mol. The van der Waals surface area contributed by atoms with Crippen molar-refractivity contribution in [2.24, 2.45) is 0 Å². The molecule has 0 fully saturated rings. The zero-order valence-corrected chi connectivity index (χ0v) is 11.2. The first-order valence-electron chi connectivity index (χ1n) is 6.53. The number of hydrogen-bond acceptors (Lipinski definition) is 3.